The molecular formula is C4H6BrN3. The van der Waals surface area contributed by atoms with E-state index < -0.39 is 4.45 Å². The van der Waals surface area contributed by atoms with Gasteiger partial charge in [-0.1, -0.05) is 15.9 Å². The van der Waals surface area contributed by atoms with Gasteiger partial charge in [-0.2, -0.15) is 0 Å². The molecule has 0 saturated heterocycles. The highest BCUT2D eigenvalue weighted by atomic mass is 79.9. The van der Waals surface area contributed by atoms with Crippen LogP contribution in [0.5, 0.6) is 0 Å². The molecule has 0 unspecified atom stereocenters. The Labute approximate surface area is 55.8 Å². The summed E-state index contributed by atoms with van der Waals surface area (Å²) in [4.78, 5) is 7.67. The van der Waals surface area contributed by atoms with E-state index in [0.717, 1.165) is 0 Å². The molecule has 1 aliphatic heterocycles. The van der Waals surface area contributed by atoms with Gasteiger partial charge in [0, 0.05) is 12.4 Å². The van der Waals surface area contributed by atoms with Gasteiger partial charge in [0.25, 0.3) is 0 Å². The lowest BCUT2D eigenvalue weighted by atomic mass is 10.4. The summed E-state index contributed by atoms with van der Waals surface area (Å²) < 4.78 is -0.592. The van der Waals surface area contributed by atoms with Crippen molar-refractivity contribution in [2.24, 2.45) is 15.7 Å². The van der Waals surface area contributed by atoms with Crippen molar-refractivity contribution in [2.75, 3.05) is 6.67 Å². The summed E-state index contributed by atoms with van der Waals surface area (Å²) in [6.45, 7) is 0.505. The van der Waals surface area contributed by atoms with Crippen molar-refractivity contribution in [2.45, 2.75) is 4.45 Å². The molecule has 0 spiro atoms. The molecule has 0 aromatic carbocycles. The fourth-order valence-corrected chi connectivity index (χ4v) is 0.732. The predicted octanol–water partition coefficient (Wildman–Crippen LogP) is 0.149. The summed E-state index contributed by atoms with van der Waals surface area (Å²) in [7, 11) is 0. The van der Waals surface area contributed by atoms with Gasteiger partial charge < -0.3 is 5.73 Å². The zero-order chi connectivity index (χ0) is 6.04. The van der Waals surface area contributed by atoms with E-state index in [1.807, 2.05) is 0 Å². The van der Waals surface area contributed by atoms with Gasteiger partial charge in [-0.25, -0.2) is 0 Å². The first-order chi connectivity index (χ1) is 3.71. The third-order valence-electron chi connectivity index (χ3n) is 0.742. The molecule has 44 valence electrons. The van der Waals surface area contributed by atoms with Gasteiger partial charge in [0.05, 0.1) is 0 Å². The Balaban J connectivity index is 2.69. The van der Waals surface area contributed by atoms with Crippen LogP contribution in [0.4, 0.5) is 0 Å². The quantitative estimate of drug-likeness (QED) is 0.414. The minimum absolute atomic E-state index is 0.505. The zero-order valence-electron chi connectivity index (χ0n) is 4.21. The van der Waals surface area contributed by atoms with Crippen molar-refractivity contribution in [1.82, 2.24) is 0 Å². The number of alkyl halides is 1. The van der Waals surface area contributed by atoms with Crippen molar-refractivity contribution in [3.63, 3.8) is 0 Å². The lowest BCUT2D eigenvalue weighted by Gasteiger charge is -2.12. The molecule has 0 aromatic rings. The molecule has 1 rings (SSSR count). The Morgan fingerprint density at radius 2 is 2.00 bits per heavy atom. The summed E-state index contributed by atoms with van der Waals surface area (Å²) in [5.41, 5.74) is 5.50. The molecule has 0 amide bonds. The van der Waals surface area contributed by atoms with Crippen molar-refractivity contribution in [3.8, 4) is 0 Å². The van der Waals surface area contributed by atoms with Crippen molar-refractivity contribution in [1.29, 1.82) is 0 Å². The molecule has 0 bridgehead atoms. The third-order valence-corrected chi connectivity index (χ3v) is 1.15. The van der Waals surface area contributed by atoms with Gasteiger partial charge in [-0.05, 0) is 0 Å². The molecule has 0 atom stereocenters. The third kappa shape index (κ3) is 1.38. The second kappa shape index (κ2) is 1.95. The van der Waals surface area contributed by atoms with Crippen molar-refractivity contribution in [3.05, 3.63) is 0 Å². The first kappa shape index (κ1) is 5.91. The van der Waals surface area contributed by atoms with Crippen LogP contribution in [0.2, 0.25) is 0 Å². The molecule has 2 N–H and O–H groups in total. The maximum absolute atomic E-state index is 5.50. The van der Waals surface area contributed by atoms with Crippen LogP contribution >= 0.6 is 15.9 Å². The lowest BCUT2D eigenvalue weighted by Crippen LogP contribution is -2.37. The largest absolute Gasteiger partial charge is 0.307 e. The Morgan fingerprint density at radius 3 is 2.25 bits per heavy atom. The molecule has 3 nitrogen and oxygen atoms in total. The van der Waals surface area contributed by atoms with E-state index in [0.29, 0.717) is 6.67 Å². The number of hydrogen-bond acceptors (Lipinski definition) is 3. The summed E-state index contributed by atoms with van der Waals surface area (Å²) in [5, 5.41) is 0. The van der Waals surface area contributed by atoms with Crippen LogP contribution in [0.3, 0.4) is 0 Å². The number of nitrogens with two attached hydrogens (primary N) is 1. The van der Waals surface area contributed by atoms with Gasteiger partial charge in [0.15, 0.2) is 0 Å². The molecule has 0 saturated carbocycles. The fourth-order valence-electron chi connectivity index (χ4n) is 0.442. The average Bonchev–Trinajstić information content (AvgIpc) is 1.65. The number of hydrogen-bond donors (Lipinski definition) is 1. The van der Waals surface area contributed by atoms with Crippen LogP contribution in [0.25, 0.3) is 0 Å². The molecular weight excluding hydrogens is 170 g/mol. The van der Waals surface area contributed by atoms with Crippen LogP contribution < -0.4 is 5.73 Å². The summed E-state index contributed by atoms with van der Waals surface area (Å²) >= 11 is 3.17. The van der Waals surface area contributed by atoms with Gasteiger partial charge in [0.2, 0.25) is 0 Å². The average molecular weight is 176 g/mol. The molecule has 4 heteroatoms. The smallest absolute Gasteiger partial charge is 0.142 e. The number of halogens is 1. The normalized spacial score (nSPS) is 23.8. The van der Waals surface area contributed by atoms with E-state index in [-0.39, 0.29) is 0 Å². The Bertz CT molecular complexity index is 124. The van der Waals surface area contributed by atoms with Crippen LogP contribution in [-0.2, 0) is 0 Å². The van der Waals surface area contributed by atoms with Crippen molar-refractivity contribution < 1.29 is 0 Å². The minimum Gasteiger partial charge on any atom is -0.307 e. The van der Waals surface area contributed by atoms with Crippen LogP contribution in [0.15, 0.2) is 9.98 Å². The summed E-state index contributed by atoms with van der Waals surface area (Å²) in [6, 6.07) is 0. The van der Waals surface area contributed by atoms with Gasteiger partial charge in [-0.3, -0.25) is 9.98 Å². The SMILES string of the molecule is NC1(Br)C=NCN=C1. The van der Waals surface area contributed by atoms with Crippen molar-refractivity contribution >= 4 is 28.4 Å². The Kier molecular flexibility index (Phi) is 1.44. The van der Waals surface area contributed by atoms with Gasteiger partial charge in [-0.15, -0.1) is 0 Å². The fraction of sp³-hybridized carbons (Fsp3) is 0.500. The number of nitrogens with zero attached hydrogens (tertiary/aromatic N) is 2. The van der Waals surface area contributed by atoms with Gasteiger partial charge in [0.1, 0.15) is 11.1 Å². The standard InChI is InChI=1S/C4H6BrN3/c5-4(6)1-7-3-8-2-4/h1-2H,3,6H2. The van der Waals surface area contributed by atoms with Crippen LogP contribution in [0, 0.1) is 0 Å². The number of rotatable bonds is 0. The molecule has 1 heterocycles. The molecule has 8 heavy (non-hydrogen) atoms. The predicted molar refractivity (Wildman–Crippen MR) is 37.7 cm³/mol. The first-order valence-corrected chi connectivity index (χ1v) is 3.00. The van der Waals surface area contributed by atoms with E-state index in [1.54, 1.807) is 12.4 Å². The maximum atomic E-state index is 5.50. The summed E-state index contributed by atoms with van der Waals surface area (Å²) in [6.07, 6.45) is 3.25. The number of aliphatic imine (C=N–C) groups is 2. The summed E-state index contributed by atoms with van der Waals surface area (Å²) in [5.74, 6) is 0. The molecule has 0 radical (unpaired) electrons. The van der Waals surface area contributed by atoms with E-state index >= 15 is 0 Å². The lowest BCUT2D eigenvalue weighted by molar-refractivity contribution is 0.988. The Hall–Kier alpha value is -0.220. The maximum Gasteiger partial charge on any atom is 0.142 e. The van der Waals surface area contributed by atoms with E-state index in [2.05, 4.69) is 25.9 Å². The molecule has 0 aromatic heterocycles. The highest BCUT2D eigenvalue weighted by Crippen LogP contribution is 2.05. The molecule has 0 fully saturated rings. The monoisotopic (exact) mass is 175 g/mol. The Morgan fingerprint density at radius 1 is 1.50 bits per heavy atom. The molecule has 1 aliphatic rings. The van der Waals surface area contributed by atoms with E-state index in [4.69, 9.17) is 5.73 Å². The van der Waals surface area contributed by atoms with Crippen LogP contribution in [0.1, 0.15) is 0 Å². The van der Waals surface area contributed by atoms with E-state index in [1.165, 1.54) is 0 Å². The van der Waals surface area contributed by atoms with Crippen LogP contribution in [-0.4, -0.2) is 23.5 Å². The highest BCUT2D eigenvalue weighted by molar-refractivity contribution is 9.10. The first-order valence-electron chi connectivity index (χ1n) is 2.20. The second-order valence-corrected chi connectivity index (χ2v) is 2.97. The second-order valence-electron chi connectivity index (χ2n) is 1.59. The zero-order valence-corrected chi connectivity index (χ0v) is 5.80. The topological polar surface area (TPSA) is 50.7 Å². The highest BCUT2D eigenvalue weighted by Gasteiger charge is 2.15. The molecule has 0 aliphatic carbocycles. The minimum atomic E-state index is -0.592. The van der Waals surface area contributed by atoms with E-state index in [9.17, 15) is 0 Å². The van der Waals surface area contributed by atoms with Gasteiger partial charge >= 0.3 is 0 Å².